The van der Waals surface area contributed by atoms with Crippen LogP contribution in [0.3, 0.4) is 0 Å². The largest absolute Gasteiger partial charge is 0.507 e. The van der Waals surface area contributed by atoms with Crippen molar-refractivity contribution in [2.45, 2.75) is 51.7 Å². The number of methoxy groups -OCH3 is 1. The van der Waals surface area contributed by atoms with Crippen molar-refractivity contribution in [3.63, 3.8) is 0 Å². The summed E-state index contributed by atoms with van der Waals surface area (Å²) in [5.41, 5.74) is 2.24. The van der Waals surface area contributed by atoms with Gasteiger partial charge in [0.1, 0.15) is 28.9 Å². The van der Waals surface area contributed by atoms with Gasteiger partial charge in [0.15, 0.2) is 17.3 Å². The molecule has 2 aromatic carbocycles. The zero-order valence-electron chi connectivity index (χ0n) is 19.5. The van der Waals surface area contributed by atoms with E-state index >= 15 is 0 Å². The van der Waals surface area contributed by atoms with Crippen LogP contribution in [0.1, 0.15) is 60.7 Å². The number of hydrogen-bond acceptors (Lipinski definition) is 8. The number of carbonyl (C=O) groups excluding carboxylic acids is 1. The first-order chi connectivity index (χ1) is 16.0. The molecule has 0 aromatic heterocycles. The molecule has 0 saturated carbocycles. The van der Waals surface area contributed by atoms with E-state index in [9.17, 15) is 30.3 Å². The molecule has 0 aliphatic carbocycles. The zero-order valence-corrected chi connectivity index (χ0v) is 19.5. The molecule has 0 spiro atoms. The summed E-state index contributed by atoms with van der Waals surface area (Å²) in [6, 6.07) is 4.01. The van der Waals surface area contributed by atoms with E-state index in [2.05, 4.69) is 6.58 Å². The van der Waals surface area contributed by atoms with Crippen molar-refractivity contribution < 1.29 is 39.8 Å². The lowest BCUT2D eigenvalue weighted by molar-refractivity contribution is 0.0843. The van der Waals surface area contributed by atoms with Crippen LogP contribution in [-0.4, -0.2) is 44.5 Å². The number of ketones is 1. The number of rotatable bonds is 8. The number of aliphatic hydroxyl groups excluding tert-OH is 1. The molecule has 34 heavy (non-hydrogen) atoms. The Hall–Kier alpha value is -3.65. The number of benzene rings is 2. The monoisotopic (exact) mass is 470 g/mol. The lowest BCUT2D eigenvalue weighted by Crippen LogP contribution is -2.21. The molecule has 8 nitrogen and oxygen atoms in total. The van der Waals surface area contributed by atoms with Gasteiger partial charge in [0, 0.05) is 17.2 Å². The van der Waals surface area contributed by atoms with E-state index in [-0.39, 0.29) is 52.7 Å². The average Bonchev–Trinajstić information content (AvgIpc) is 2.78. The van der Waals surface area contributed by atoms with E-state index in [1.165, 1.54) is 25.3 Å². The topological polar surface area (TPSA) is 137 Å². The number of carbonyl (C=O) groups is 1. The Kier molecular flexibility index (Phi) is 7.41. The SMILES string of the molecule is C=C(C)C(O)CC/C(C)=C/Cc1c(O)cc2c(c1O)C(=O)C[C@@H](c1cc(O)c(O)c(OC)c1)O2. The van der Waals surface area contributed by atoms with E-state index in [0.29, 0.717) is 24.0 Å². The third kappa shape index (κ3) is 5.12. The molecule has 1 aliphatic heterocycles. The maximum absolute atomic E-state index is 12.9. The van der Waals surface area contributed by atoms with Crippen LogP contribution in [0, 0.1) is 0 Å². The highest BCUT2D eigenvalue weighted by molar-refractivity contribution is 6.03. The molecule has 0 radical (unpaired) electrons. The molecule has 1 unspecified atom stereocenters. The Balaban J connectivity index is 1.85. The second-order valence-electron chi connectivity index (χ2n) is 8.58. The molecule has 182 valence electrons. The molecule has 0 amide bonds. The second kappa shape index (κ2) is 10.1. The Morgan fingerprint density at radius 3 is 2.53 bits per heavy atom. The highest BCUT2D eigenvalue weighted by atomic mass is 16.5. The van der Waals surface area contributed by atoms with Crippen LogP contribution >= 0.6 is 0 Å². The number of ether oxygens (including phenoxy) is 2. The van der Waals surface area contributed by atoms with Crippen LogP contribution < -0.4 is 9.47 Å². The molecule has 8 heteroatoms. The minimum Gasteiger partial charge on any atom is -0.507 e. The van der Waals surface area contributed by atoms with Crippen LogP contribution in [-0.2, 0) is 6.42 Å². The summed E-state index contributed by atoms with van der Waals surface area (Å²) in [5.74, 6) is -1.74. The number of Topliss-reactive ketones (excluding diaryl/α,β-unsaturated/α-hetero) is 1. The van der Waals surface area contributed by atoms with Crippen molar-refractivity contribution in [3.05, 3.63) is 58.7 Å². The number of allylic oxidation sites excluding steroid dienone is 2. The summed E-state index contributed by atoms with van der Waals surface area (Å²) < 4.78 is 10.9. The first-order valence-corrected chi connectivity index (χ1v) is 10.9. The minimum atomic E-state index is -0.813. The summed E-state index contributed by atoms with van der Waals surface area (Å²) in [5, 5.41) is 51.0. The highest BCUT2D eigenvalue weighted by Gasteiger charge is 2.33. The van der Waals surface area contributed by atoms with Gasteiger partial charge < -0.3 is 35.0 Å². The van der Waals surface area contributed by atoms with Crippen molar-refractivity contribution in [3.8, 4) is 34.5 Å². The minimum absolute atomic E-state index is 0.0113. The second-order valence-corrected chi connectivity index (χ2v) is 8.58. The van der Waals surface area contributed by atoms with Crippen LogP contribution in [0.5, 0.6) is 34.5 Å². The fraction of sp³-hybridized carbons (Fsp3) is 0.346. The van der Waals surface area contributed by atoms with Gasteiger partial charge in [0.2, 0.25) is 5.75 Å². The van der Waals surface area contributed by atoms with E-state index in [1.54, 1.807) is 6.92 Å². The predicted octanol–water partition coefficient (Wildman–Crippen LogP) is 4.43. The summed E-state index contributed by atoms with van der Waals surface area (Å²) in [6.07, 6.45) is 1.64. The Morgan fingerprint density at radius 1 is 1.18 bits per heavy atom. The van der Waals surface area contributed by atoms with Gasteiger partial charge >= 0.3 is 0 Å². The Morgan fingerprint density at radius 2 is 1.88 bits per heavy atom. The van der Waals surface area contributed by atoms with E-state index < -0.39 is 23.7 Å². The number of aliphatic hydroxyl groups is 1. The maximum atomic E-state index is 12.9. The van der Waals surface area contributed by atoms with Gasteiger partial charge in [-0.25, -0.2) is 0 Å². The quantitative estimate of drug-likeness (QED) is 0.282. The fourth-order valence-corrected chi connectivity index (χ4v) is 3.83. The summed E-state index contributed by atoms with van der Waals surface area (Å²) in [7, 11) is 1.33. The van der Waals surface area contributed by atoms with E-state index in [0.717, 1.165) is 5.57 Å². The van der Waals surface area contributed by atoms with Crippen LogP contribution in [0.4, 0.5) is 0 Å². The smallest absolute Gasteiger partial charge is 0.200 e. The first kappa shape index (κ1) is 25.0. The predicted molar refractivity (Wildman–Crippen MR) is 126 cm³/mol. The van der Waals surface area contributed by atoms with Gasteiger partial charge in [-0.2, -0.15) is 0 Å². The highest BCUT2D eigenvalue weighted by Crippen LogP contribution is 2.46. The number of fused-ring (bicyclic) bond motifs is 1. The van der Waals surface area contributed by atoms with Crippen molar-refractivity contribution in [2.24, 2.45) is 0 Å². The molecular weight excluding hydrogens is 440 g/mol. The van der Waals surface area contributed by atoms with Gasteiger partial charge in [-0.1, -0.05) is 23.8 Å². The summed E-state index contributed by atoms with van der Waals surface area (Å²) >= 11 is 0. The molecule has 0 saturated heterocycles. The zero-order chi connectivity index (χ0) is 25.2. The van der Waals surface area contributed by atoms with Crippen LogP contribution in [0.25, 0.3) is 0 Å². The van der Waals surface area contributed by atoms with Gasteiger partial charge in [-0.05, 0) is 45.2 Å². The maximum Gasteiger partial charge on any atom is 0.200 e. The van der Waals surface area contributed by atoms with Crippen molar-refractivity contribution in [1.29, 1.82) is 0 Å². The Bertz CT molecular complexity index is 1150. The molecule has 1 aliphatic rings. The fourth-order valence-electron chi connectivity index (χ4n) is 3.83. The van der Waals surface area contributed by atoms with Crippen LogP contribution in [0.15, 0.2) is 42.0 Å². The van der Waals surface area contributed by atoms with Crippen molar-refractivity contribution in [1.82, 2.24) is 0 Å². The molecule has 3 rings (SSSR count). The molecule has 2 atom stereocenters. The standard InChI is InChI=1S/C26H30O8/c1-13(2)17(27)8-6-14(3)5-7-16-18(28)11-22-24(25(16)31)19(29)12-21(34-22)15-9-20(30)26(32)23(10-15)33-4/h5,9-11,17,21,27-28,30-32H,1,6-8,12H2,2-4H3/b14-5+/t17?,21-/m0/s1. The molecular formula is C26H30O8. The van der Waals surface area contributed by atoms with Crippen molar-refractivity contribution >= 4 is 5.78 Å². The molecule has 5 N–H and O–H groups in total. The molecule has 0 bridgehead atoms. The number of hydrogen-bond donors (Lipinski definition) is 5. The third-order valence-electron chi connectivity index (χ3n) is 5.97. The summed E-state index contributed by atoms with van der Waals surface area (Å²) in [6.45, 7) is 7.38. The Labute approximate surface area is 198 Å². The first-order valence-electron chi connectivity index (χ1n) is 10.9. The normalized spacial score (nSPS) is 16.5. The third-order valence-corrected chi connectivity index (χ3v) is 5.97. The number of phenols is 4. The van der Waals surface area contributed by atoms with Gasteiger partial charge in [0.25, 0.3) is 0 Å². The van der Waals surface area contributed by atoms with E-state index in [1.807, 2.05) is 13.0 Å². The van der Waals surface area contributed by atoms with Gasteiger partial charge in [-0.15, -0.1) is 0 Å². The average molecular weight is 471 g/mol. The van der Waals surface area contributed by atoms with Crippen molar-refractivity contribution in [2.75, 3.05) is 7.11 Å². The molecule has 2 aromatic rings. The van der Waals surface area contributed by atoms with Gasteiger partial charge in [0.05, 0.1) is 19.6 Å². The lowest BCUT2D eigenvalue weighted by atomic mass is 9.92. The summed E-state index contributed by atoms with van der Waals surface area (Å²) in [4.78, 5) is 12.9. The number of aromatic hydroxyl groups is 4. The molecule has 0 fully saturated rings. The van der Waals surface area contributed by atoms with Crippen LogP contribution in [0.2, 0.25) is 0 Å². The molecule has 1 heterocycles. The van der Waals surface area contributed by atoms with E-state index in [4.69, 9.17) is 9.47 Å². The van der Waals surface area contributed by atoms with Gasteiger partial charge in [-0.3, -0.25) is 4.79 Å². The lowest BCUT2D eigenvalue weighted by Gasteiger charge is -2.27. The number of phenolic OH excluding ortho intramolecular Hbond substituents is 4.